The number of carbonyl (C=O) groups is 2. The third-order valence-electron chi connectivity index (χ3n) is 4.23. The number of amides is 2. The smallest absolute Gasteiger partial charge is 0.251 e. The molecule has 1 unspecified atom stereocenters. The number of carbonyl (C=O) groups excluding carboxylic acids is 2. The Kier molecular flexibility index (Phi) is 6.16. The van der Waals surface area contributed by atoms with Crippen LogP contribution < -0.4 is 10.6 Å². The molecular formula is C21H22N4O2S. The molecule has 2 amide bonds. The van der Waals surface area contributed by atoms with Gasteiger partial charge in [-0.15, -0.1) is 10.2 Å². The number of anilines is 1. The molecule has 3 rings (SSSR count). The van der Waals surface area contributed by atoms with Gasteiger partial charge in [-0.25, -0.2) is 0 Å². The summed E-state index contributed by atoms with van der Waals surface area (Å²) in [6, 6.07) is 16.1. The van der Waals surface area contributed by atoms with Crippen LogP contribution in [0.4, 0.5) is 5.13 Å². The Morgan fingerprint density at radius 3 is 2.29 bits per heavy atom. The SMILES string of the molecule is Cc1ccc(-c2nnc(NC(=O)C(NC(=O)c3ccccc3)C(C)C)s2)cc1. The number of hydrogen-bond acceptors (Lipinski definition) is 5. The lowest BCUT2D eigenvalue weighted by Crippen LogP contribution is -2.47. The van der Waals surface area contributed by atoms with E-state index in [1.54, 1.807) is 24.3 Å². The van der Waals surface area contributed by atoms with Crippen molar-refractivity contribution < 1.29 is 9.59 Å². The van der Waals surface area contributed by atoms with Gasteiger partial charge in [-0.2, -0.15) is 0 Å². The molecule has 0 radical (unpaired) electrons. The summed E-state index contributed by atoms with van der Waals surface area (Å²) in [6.45, 7) is 5.78. The lowest BCUT2D eigenvalue weighted by Gasteiger charge is -2.21. The van der Waals surface area contributed by atoms with Crippen molar-refractivity contribution in [2.45, 2.75) is 26.8 Å². The van der Waals surface area contributed by atoms with E-state index in [9.17, 15) is 9.59 Å². The summed E-state index contributed by atoms with van der Waals surface area (Å²) in [5.41, 5.74) is 2.62. The topological polar surface area (TPSA) is 84.0 Å². The Labute approximate surface area is 168 Å². The summed E-state index contributed by atoms with van der Waals surface area (Å²) in [4.78, 5) is 25.1. The third-order valence-corrected chi connectivity index (χ3v) is 5.11. The molecule has 0 saturated heterocycles. The number of benzene rings is 2. The molecule has 28 heavy (non-hydrogen) atoms. The highest BCUT2D eigenvalue weighted by Gasteiger charge is 2.25. The predicted octanol–water partition coefficient (Wildman–Crippen LogP) is 3.91. The molecule has 0 saturated carbocycles. The lowest BCUT2D eigenvalue weighted by atomic mass is 10.0. The number of aromatic nitrogens is 2. The van der Waals surface area contributed by atoms with E-state index in [1.165, 1.54) is 11.3 Å². The van der Waals surface area contributed by atoms with E-state index < -0.39 is 6.04 Å². The summed E-state index contributed by atoms with van der Waals surface area (Å²) in [5, 5.41) is 14.9. The van der Waals surface area contributed by atoms with Gasteiger partial charge in [0.15, 0.2) is 0 Å². The van der Waals surface area contributed by atoms with Gasteiger partial charge in [0.05, 0.1) is 0 Å². The van der Waals surface area contributed by atoms with Crippen LogP contribution in [0.5, 0.6) is 0 Å². The Morgan fingerprint density at radius 1 is 0.964 bits per heavy atom. The summed E-state index contributed by atoms with van der Waals surface area (Å²) < 4.78 is 0. The van der Waals surface area contributed by atoms with Crippen molar-refractivity contribution in [3.8, 4) is 10.6 Å². The first-order chi connectivity index (χ1) is 13.4. The highest BCUT2D eigenvalue weighted by molar-refractivity contribution is 7.18. The molecule has 6 nitrogen and oxygen atoms in total. The third kappa shape index (κ3) is 4.80. The van der Waals surface area contributed by atoms with Crippen molar-refractivity contribution in [3.63, 3.8) is 0 Å². The fourth-order valence-electron chi connectivity index (χ4n) is 2.62. The van der Waals surface area contributed by atoms with Crippen LogP contribution in [-0.2, 0) is 4.79 Å². The quantitative estimate of drug-likeness (QED) is 0.664. The molecule has 0 aliphatic carbocycles. The molecule has 0 fully saturated rings. The van der Waals surface area contributed by atoms with Crippen molar-refractivity contribution in [2.75, 3.05) is 5.32 Å². The van der Waals surface area contributed by atoms with E-state index >= 15 is 0 Å². The van der Waals surface area contributed by atoms with Gasteiger partial charge in [-0.05, 0) is 25.0 Å². The minimum atomic E-state index is -0.681. The number of hydrogen-bond donors (Lipinski definition) is 2. The molecule has 7 heteroatoms. The van der Waals surface area contributed by atoms with E-state index in [2.05, 4.69) is 20.8 Å². The maximum absolute atomic E-state index is 12.7. The minimum Gasteiger partial charge on any atom is -0.340 e. The molecule has 0 spiro atoms. The van der Waals surface area contributed by atoms with Crippen LogP contribution in [0, 0.1) is 12.8 Å². The minimum absolute atomic E-state index is 0.0860. The standard InChI is InChI=1S/C21H22N4O2S/c1-13(2)17(22-18(26)15-7-5-4-6-8-15)19(27)23-21-25-24-20(28-21)16-11-9-14(3)10-12-16/h4-13,17H,1-3H3,(H,22,26)(H,23,25,27). The zero-order valence-electron chi connectivity index (χ0n) is 16.0. The van der Waals surface area contributed by atoms with Crippen LogP contribution in [0.1, 0.15) is 29.8 Å². The van der Waals surface area contributed by atoms with Crippen LogP contribution in [-0.4, -0.2) is 28.1 Å². The van der Waals surface area contributed by atoms with Gasteiger partial charge in [0.1, 0.15) is 11.0 Å². The molecule has 0 aliphatic rings. The van der Waals surface area contributed by atoms with Crippen LogP contribution in [0.3, 0.4) is 0 Å². The monoisotopic (exact) mass is 394 g/mol. The second-order valence-corrected chi connectivity index (χ2v) is 7.81. The van der Waals surface area contributed by atoms with E-state index in [0.717, 1.165) is 16.1 Å². The van der Waals surface area contributed by atoms with E-state index in [4.69, 9.17) is 0 Å². The van der Waals surface area contributed by atoms with Gasteiger partial charge in [-0.1, -0.05) is 73.2 Å². The fourth-order valence-corrected chi connectivity index (χ4v) is 3.37. The Bertz CT molecular complexity index is 952. The highest BCUT2D eigenvalue weighted by Crippen LogP contribution is 2.26. The van der Waals surface area contributed by atoms with Gasteiger partial charge >= 0.3 is 0 Å². The van der Waals surface area contributed by atoms with Crippen molar-refractivity contribution in [1.29, 1.82) is 0 Å². The molecule has 3 aromatic rings. The average molecular weight is 395 g/mol. The normalized spacial score (nSPS) is 11.9. The summed E-state index contributed by atoms with van der Waals surface area (Å²) in [6.07, 6.45) is 0. The number of rotatable bonds is 6. The average Bonchev–Trinajstić information content (AvgIpc) is 3.15. The van der Waals surface area contributed by atoms with E-state index in [-0.39, 0.29) is 17.7 Å². The van der Waals surface area contributed by atoms with Crippen molar-refractivity contribution >= 4 is 28.3 Å². The maximum Gasteiger partial charge on any atom is 0.251 e. The summed E-state index contributed by atoms with van der Waals surface area (Å²) in [5.74, 6) is -0.685. The largest absolute Gasteiger partial charge is 0.340 e. The number of aryl methyl sites for hydroxylation is 1. The van der Waals surface area contributed by atoms with Crippen LogP contribution >= 0.6 is 11.3 Å². The first-order valence-electron chi connectivity index (χ1n) is 9.01. The molecule has 2 aromatic carbocycles. The molecule has 0 bridgehead atoms. The van der Waals surface area contributed by atoms with Crippen molar-refractivity contribution in [2.24, 2.45) is 5.92 Å². The number of nitrogens with one attached hydrogen (secondary N) is 2. The van der Waals surface area contributed by atoms with Crippen molar-refractivity contribution in [3.05, 3.63) is 65.7 Å². The summed E-state index contributed by atoms with van der Waals surface area (Å²) >= 11 is 1.30. The second-order valence-electron chi connectivity index (χ2n) is 6.83. The molecule has 1 aromatic heterocycles. The molecule has 1 heterocycles. The van der Waals surface area contributed by atoms with Gasteiger partial charge in [0, 0.05) is 11.1 Å². The molecule has 144 valence electrons. The second kappa shape index (κ2) is 8.75. The zero-order valence-corrected chi connectivity index (χ0v) is 16.8. The molecular weight excluding hydrogens is 372 g/mol. The fraction of sp³-hybridized carbons (Fsp3) is 0.238. The predicted molar refractivity (Wildman–Crippen MR) is 111 cm³/mol. The van der Waals surface area contributed by atoms with Crippen LogP contribution in [0.2, 0.25) is 0 Å². The Balaban J connectivity index is 1.69. The maximum atomic E-state index is 12.7. The van der Waals surface area contributed by atoms with E-state index in [1.807, 2.05) is 51.1 Å². The van der Waals surface area contributed by atoms with Crippen molar-refractivity contribution in [1.82, 2.24) is 15.5 Å². The highest BCUT2D eigenvalue weighted by atomic mass is 32.1. The van der Waals surface area contributed by atoms with E-state index in [0.29, 0.717) is 10.7 Å². The summed E-state index contributed by atoms with van der Waals surface area (Å²) in [7, 11) is 0. The van der Waals surface area contributed by atoms with Crippen LogP contribution in [0.15, 0.2) is 54.6 Å². The molecule has 2 N–H and O–H groups in total. The van der Waals surface area contributed by atoms with Gasteiger partial charge in [0.2, 0.25) is 11.0 Å². The first kappa shape index (κ1) is 19.7. The first-order valence-corrected chi connectivity index (χ1v) is 9.83. The lowest BCUT2D eigenvalue weighted by molar-refractivity contribution is -0.118. The Morgan fingerprint density at radius 2 is 1.64 bits per heavy atom. The van der Waals surface area contributed by atoms with Gasteiger partial charge in [0.25, 0.3) is 5.91 Å². The van der Waals surface area contributed by atoms with Gasteiger partial charge in [-0.3, -0.25) is 14.9 Å². The van der Waals surface area contributed by atoms with Crippen LogP contribution in [0.25, 0.3) is 10.6 Å². The molecule has 0 aliphatic heterocycles. The Hall–Kier alpha value is -3.06. The number of nitrogens with zero attached hydrogens (tertiary/aromatic N) is 2. The molecule has 1 atom stereocenters. The van der Waals surface area contributed by atoms with Gasteiger partial charge < -0.3 is 5.32 Å². The zero-order chi connectivity index (χ0) is 20.1.